The molecule has 0 bridgehead atoms. The zero-order chi connectivity index (χ0) is 20.0. The van der Waals surface area contributed by atoms with Gasteiger partial charge < -0.3 is 20.1 Å². The molecule has 0 radical (unpaired) electrons. The van der Waals surface area contributed by atoms with Gasteiger partial charge in [0, 0.05) is 19.5 Å². The molecule has 0 aliphatic carbocycles. The Morgan fingerprint density at radius 3 is 2.70 bits per heavy atom. The summed E-state index contributed by atoms with van der Waals surface area (Å²) in [5, 5.41) is 12.0. The maximum Gasteiger partial charge on any atom is 0.335 e. The Morgan fingerprint density at radius 1 is 1.33 bits per heavy atom. The number of aromatic carboxylic acids is 1. The molecule has 27 heavy (non-hydrogen) atoms. The second kappa shape index (κ2) is 9.39. The van der Waals surface area contributed by atoms with E-state index in [2.05, 4.69) is 5.32 Å². The van der Waals surface area contributed by atoms with E-state index >= 15 is 0 Å². The average Bonchev–Trinajstić information content (AvgIpc) is 2.62. The first kappa shape index (κ1) is 20.7. The monoisotopic (exact) mass is 376 g/mol. The van der Waals surface area contributed by atoms with E-state index in [1.807, 2.05) is 20.8 Å². The van der Waals surface area contributed by atoms with Gasteiger partial charge >= 0.3 is 5.97 Å². The number of benzene rings is 1. The number of nitrogens with zero attached hydrogens (tertiary/aromatic N) is 1. The molecule has 0 saturated carbocycles. The van der Waals surface area contributed by atoms with Crippen LogP contribution < -0.4 is 10.1 Å². The minimum Gasteiger partial charge on any atom is -0.489 e. The van der Waals surface area contributed by atoms with Crippen molar-refractivity contribution < 1.29 is 24.2 Å². The minimum atomic E-state index is -1.07. The average molecular weight is 376 g/mol. The van der Waals surface area contributed by atoms with Crippen LogP contribution in [0.15, 0.2) is 18.2 Å². The number of piperidine rings is 1. The number of nitrogens with one attached hydrogen (secondary N) is 1. The minimum absolute atomic E-state index is 0.0739. The summed E-state index contributed by atoms with van der Waals surface area (Å²) >= 11 is 0. The summed E-state index contributed by atoms with van der Waals surface area (Å²) in [7, 11) is 0. The van der Waals surface area contributed by atoms with Crippen molar-refractivity contribution in [3.63, 3.8) is 0 Å². The summed E-state index contributed by atoms with van der Waals surface area (Å²) in [6, 6.07) is 4.40. The number of rotatable bonds is 7. The number of amides is 2. The number of hydrogen-bond donors (Lipinski definition) is 2. The number of anilines is 1. The summed E-state index contributed by atoms with van der Waals surface area (Å²) in [5.41, 5.74) is 0.412. The molecule has 7 nitrogen and oxygen atoms in total. The molecule has 1 aliphatic rings. The van der Waals surface area contributed by atoms with Crippen molar-refractivity contribution in [2.75, 3.05) is 18.4 Å². The van der Waals surface area contributed by atoms with Gasteiger partial charge in [-0.3, -0.25) is 9.59 Å². The van der Waals surface area contributed by atoms with Crippen molar-refractivity contribution in [2.45, 2.75) is 52.6 Å². The Hall–Kier alpha value is -2.57. The van der Waals surface area contributed by atoms with Crippen LogP contribution in [0.2, 0.25) is 0 Å². The van der Waals surface area contributed by atoms with Crippen LogP contribution in [0.5, 0.6) is 5.75 Å². The lowest BCUT2D eigenvalue weighted by Crippen LogP contribution is -2.43. The fraction of sp³-hybridized carbons (Fsp3) is 0.550. The SMILES string of the molecule is CCCC(=O)N1CCCC(C(=O)Nc2cc(C(=O)O)ccc2OC(C)C)C1. The molecule has 2 amide bonds. The van der Waals surface area contributed by atoms with E-state index in [-0.39, 0.29) is 29.4 Å². The van der Waals surface area contributed by atoms with Gasteiger partial charge in [-0.1, -0.05) is 6.92 Å². The molecule has 1 saturated heterocycles. The lowest BCUT2D eigenvalue weighted by molar-refractivity contribution is -0.134. The van der Waals surface area contributed by atoms with Crippen molar-refractivity contribution in [1.82, 2.24) is 4.90 Å². The van der Waals surface area contributed by atoms with Gasteiger partial charge in [0.1, 0.15) is 5.75 Å². The Morgan fingerprint density at radius 2 is 2.07 bits per heavy atom. The highest BCUT2D eigenvalue weighted by atomic mass is 16.5. The highest BCUT2D eigenvalue weighted by molar-refractivity contribution is 5.97. The molecule has 1 unspecified atom stereocenters. The second-order valence-electron chi connectivity index (χ2n) is 7.10. The quantitative estimate of drug-likeness (QED) is 0.762. The van der Waals surface area contributed by atoms with Gasteiger partial charge in [0.25, 0.3) is 0 Å². The number of carboxylic acids is 1. The Labute approximate surface area is 159 Å². The first-order valence-electron chi connectivity index (χ1n) is 9.44. The third-order valence-corrected chi connectivity index (χ3v) is 4.46. The fourth-order valence-corrected chi connectivity index (χ4v) is 3.14. The normalized spacial score (nSPS) is 16.9. The van der Waals surface area contributed by atoms with Crippen LogP contribution in [-0.4, -0.2) is 47.0 Å². The number of carboxylic acid groups (broad SMARTS) is 1. The molecule has 1 aliphatic heterocycles. The van der Waals surface area contributed by atoms with Crippen LogP contribution in [0.4, 0.5) is 5.69 Å². The van der Waals surface area contributed by atoms with Crippen molar-refractivity contribution >= 4 is 23.5 Å². The van der Waals surface area contributed by atoms with E-state index in [9.17, 15) is 19.5 Å². The largest absolute Gasteiger partial charge is 0.489 e. The number of carbonyl (C=O) groups is 3. The standard InChI is InChI=1S/C20H28N2O5/c1-4-6-18(23)22-10-5-7-15(12-22)19(24)21-16-11-14(20(25)26)8-9-17(16)27-13(2)3/h8-9,11,13,15H,4-7,10,12H2,1-3H3,(H,21,24)(H,25,26). The van der Waals surface area contributed by atoms with Crippen LogP contribution in [0.3, 0.4) is 0 Å². The highest BCUT2D eigenvalue weighted by Gasteiger charge is 2.28. The van der Waals surface area contributed by atoms with Crippen molar-refractivity contribution in [1.29, 1.82) is 0 Å². The highest BCUT2D eigenvalue weighted by Crippen LogP contribution is 2.28. The van der Waals surface area contributed by atoms with Gasteiger partial charge in [-0.05, 0) is 51.3 Å². The van der Waals surface area contributed by atoms with Gasteiger partial charge in [0.05, 0.1) is 23.3 Å². The zero-order valence-electron chi connectivity index (χ0n) is 16.2. The summed E-state index contributed by atoms with van der Waals surface area (Å²) in [4.78, 5) is 37.9. The lowest BCUT2D eigenvalue weighted by atomic mass is 9.96. The second-order valence-corrected chi connectivity index (χ2v) is 7.10. The summed E-state index contributed by atoms with van der Waals surface area (Å²) in [6.45, 7) is 6.74. The summed E-state index contributed by atoms with van der Waals surface area (Å²) < 4.78 is 5.69. The Kier molecular flexibility index (Phi) is 7.21. The predicted octanol–water partition coefficient (Wildman–Crippen LogP) is 3.15. The van der Waals surface area contributed by atoms with Gasteiger partial charge in [-0.15, -0.1) is 0 Å². The predicted molar refractivity (Wildman–Crippen MR) is 102 cm³/mol. The molecule has 1 aromatic rings. The first-order valence-corrected chi connectivity index (χ1v) is 9.44. The van der Waals surface area contributed by atoms with Crippen molar-refractivity contribution in [3.05, 3.63) is 23.8 Å². The molecule has 1 fully saturated rings. The molecule has 2 N–H and O–H groups in total. The molecular formula is C20H28N2O5. The molecule has 0 aromatic heterocycles. The number of likely N-dealkylation sites (tertiary alicyclic amines) is 1. The van der Waals surface area contributed by atoms with E-state index in [1.54, 1.807) is 11.0 Å². The Bertz CT molecular complexity index is 702. The van der Waals surface area contributed by atoms with Crippen molar-refractivity contribution in [2.24, 2.45) is 5.92 Å². The number of ether oxygens (including phenoxy) is 1. The maximum atomic E-state index is 12.8. The van der Waals surface area contributed by atoms with Crippen LogP contribution in [0, 0.1) is 5.92 Å². The summed E-state index contributed by atoms with van der Waals surface area (Å²) in [6.07, 6.45) is 2.62. The first-order chi connectivity index (χ1) is 12.8. The molecular weight excluding hydrogens is 348 g/mol. The topological polar surface area (TPSA) is 95.9 Å². The van der Waals surface area contributed by atoms with Gasteiger partial charge in [0.2, 0.25) is 11.8 Å². The smallest absolute Gasteiger partial charge is 0.335 e. The van der Waals surface area contributed by atoms with Crippen LogP contribution in [-0.2, 0) is 9.59 Å². The third-order valence-electron chi connectivity index (χ3n) is 4.46. The number of carbonyl (C=O) groups excluding carboxylic acids is 2. The van der Waals surface area contributed by atoms with Crippen LogP contribution >= 0.6 is 0 Å². The van der Waals surface area contributed by atoms with Crippen LogP contribution in [0.25, 0.3) is 0 Å². The summed E-state index contributed by atoms with van der Waals surface area (Å²) in [5.74, 6) is -1.11. The maximum absolute atomic E-state index is 12.8. The van der Waals surface area contributed by atoms with E-state index in [0.29, 0.717) is 37.4 Å². The van der Waals surface area contributed by atoms with E-state index in [1.165, 1.54) is 12.1 Å². The molecule has 1 heterocycles. The van der Waals surface area contributed by atoms with E-state index in [4.69, 9.17) is 4.74 Å². The van der Waals surface area contributed by atoms with E-state index < -0.39 is 5.97 Å². The van der Waals surface area contributed by atoms with Gasteiger partial charge in [-0.25, -0.2) is 4.79 Å². The number of hydrogen-bond acceptors (Lipinski definition) is 4. The molecule has 7 heteroatoms. The molecule has 1 atom stereocenters. The van der Waals surface area contributed by atoms with Gasteiger partial charge in [0.15, 0.2) is 0 Å². The Balaban J connectivity index is 2.14. The lowest BCUT2D eigenvalue weighted by Gasteiger charge is -2.32. The fourth-order valence-electron chi connectivity index (χ4n) is 3.14. The molecule has 2 rings (SSSR count). The molecule has 148 valence electrons. The third kappa shape index (κ3) is 5.70. The zero-order valence-corrected chi connectivity index (χ0v) is 16.2. The molecule has 1 aromatic carbocycles. The molecule has 0 spiro atoms. The van der Waals surface area contributed by atoms with Gasteiger partial charge in [-0.2, -0.15) is 0 Å². The van der Waals surface area contributed by atoms with E-state index in [0.717, 1.165) is 12.8 Å². The van der Waals surface area contributed by atoms with Crippen LogP contribution in [0.1, 0.15) is 56.8 Å². The van der Waals surface area contributed by atoms with Crippen molar-refractivity contribution in [3.8, 4) is 5.75 Å².